The number of rotatable bonds is 2. The van der Waals surface area contributed by atoms with E-state index >= 15 is 0 Å². The van der Waals surface area contributed by atoms with E-state index in [2.05, 4.69) is 5.32 Å². The largest absolute Gasteiger partial charge is 0.444 e. The fraction of sp³-hybridized carbons (Fsp3) is 0.900. The maximum absolute atomic E-state index is 11.5. The van der Waals surface area contributed by atoms with Crippen molar-refractivity contribution in [3.8, 4) is 0 Å². The van der Waals surface area contributed by atoms with Gasteiger partial charge in [0, 0.05) is 19.1 Å². The lowest BCUT2D eigenvalue weighted by Gasteiger charge is -2.30. The van der Waals surface area contributed by atoms with E-state index in [0.717, 1.165) is 12.8 Å². The summed E-state index contributed by atoms with van der Waals surface area (Å²) < 4.78 is 26.4. The van der Waals surface area contributed by atoms with Gasteiger partial charge in [0.25, 0.3) is 0 Å². The van der Waals surface area contributed by atoms with E-state index in [1.54, 1.807) is 20.8 Å². The fourth-order valence-electron chi connectivity index (χ4n) is 1.68. The summed E-state index contributed by atoms with van der Waals surface area (Å²) in [5, 5.41) is 2.71. The third-order valence-corrected chi connectivity index (χ3v) is 3.10. The SMILES string of the molecule is CC(C)(C)OC(=O)NC1CCCN(S(=O)O)C1. The van der Waals surface area contributed by atoms with Gasteiger partial charge < -0.3 is 10.1 Å². The number of nitrogens with one attached hydrogen (secondary N) is 1. The summed E-state index contributed by atoms with van der Waals surface area (Å²) >= 11 is -1.97. The Kier molecular flexibility index (Phi) is 4.91. The van der Waals surface area contributed by atoms with Crippen LogP contribution in [0.25, 0.3) is 0 Å². The van der Waals surface area contributed by atoms with E-state index in [1.165, 1.54) is 4.31 Å². The average molecular weight is 264 g/mol. The molecule has 0 radical (unpaired) electrons. The van der Waals surface area contributed by atoms with E-state index in [9.17, 15) is 9.00 Å². The number of amides is 1. The summed E-state index contributed by atoms with van der Waals surface area (Å²) in [6, 6.07) is -0.130. The predicted octanol–water partition coefficient (Wildman–Crippen LogP) is 1.11. The second kappa shape index (κ2) is 5.79. The molecule has 1 aliphatic rings. The van der Waals surface area contributed by atoms with Crippen LogP contribution in [0.1, 0.15) is 33.6 Å². The summed E-state index contributed by atoms with van der Waals surface area (Å²) in [5.74, 6) is 0. The summed E-state index contributed by atoms with van der Waals surface area (Å²) in [6.45, 7) is 6.34. The highest BCUT2D eigenvalue weighted by atomic mass is 32.2. The molecule has 1 aliphatic heterocycles. The van der Waals surface area contributed by atoms with Crippen molar-refractivity contribution in [2.75, 3.05) is 13.1 Å². The van der Waals surface area contributed by atoms with Crippen LogP contribution in [0.5, 0.6) is 0 Å². The molecule has 7 heteroatoms. The number of piperidine rings is 1. The van der Waals surface area contributed by atoms with Gasteiger partial charge in [-0.25, -0.2) is 9.00 Å². The molecule has 17 heavy (non-hydrogen) atoms. The molecule has 0 aromatic heterocycles. The van der Waals surface area contributed by atoms with Gasteiger partial charge in [0.15, 0.2) is 0 Å². The van der Waals surface area contributed by atoms with Crippen molar-refractivity contribution in [3.63, 3.8) is 0 Å². The lowest BCUT2D eigenvalue weighted by atomic mass is 10.1. The Morgan fingerprint density at radius 3 is 2.71 bits per heavy atom. The maximum atomic E-state index is 11.5. The molecule has 100 valence electrons. The zero-order chi connectivity index (χ0) is 13.1. The van der Waals surface area contributed by atoms with Crippen molar-refractivity contribution in [3.05, 3.63) is 0 Å². The average Bonchev–Trinajstić information content (AvgIpc) is 2.14. The molecule has 2 unspecified atom stereocenters. The highest BCUT2D eigenvalue weighted by Gasteiger charge is 2.26. The van der Waals surface area contributed by atoms with Crippen molar-refractivity contribution in [2.24, 2.45) is 0 Å². The highest BCUT2D eigenvalue weighted by molar-refractivity contribution is 7.76. The molecule has 2 N–H and O–H groups in total. The van der Waals surface area contributed by atoms with Crippen molar-refractivity contribution in [1.82, 2.24) is 9.62 Å². The topological polar surface area (TPSA) is 78.9 Å². The minimum atomic E-state index is -1.97. The molecule has 1 saturated heterocycles. The molecule has 0 aromatic rings. The van der Waals surface area contributed by atoms with Crippen LogP contribution in [0.3, 0.4) is 0 Å². The molecule has 0 saturated carbocycles. The smallest absolute Gasteiger partial charge is 0.407 e. The third kappa shape index (κ3) is 5.47. The highest BCUT2D eigenvalue weighted by Crippen LogP contribution is 2.12. The molecule has 6 nitrogen and oxygen atoms in total. The van der Waals surface area contributed by atoms with Crippen LogP contribution in [-0.2, 0) is 16.0 Å². The van der Waals surface area contributed by atoms with Crippen LogP contribution in [0, 0.1) is 0 Å². The Morgan fingerprint density at radius 1 is 1.53 bits per heavy atom. The van der Waals surface area contributed by atoms with E-state index in [0.29, 0.717) is 13.1 Å². The van der Waals surface area contributed by atoms with Gasteiger partial charge in [-0.1, -0.05) is 0 Å². The summed E-state index contributed by atoms with van der Waals surface area (Å²) in [5.41, 5.74) is -0.530. The van der Waals surface area contributed by atoms with E-state index in [-0.39, 0.29) is 6.04 Å². The number of carbonyl (C=O) groups is 1. The van der Waals surface area contributed by atoms with Crippen LogP contribution in [0.15, 0.2) is 0 Å². The van der Waals surface area contributed by atoms with E-state index in [1.807, 2.05) is 0 Å². The van der Waals surface area contributed by atoms with Gasteiger partial charge >= 0.3 is 6.09 Å². The van der Waals surface area contributed by atoms with Crippen molar-refractivity contribution < 1.29 is 18.3 Å². The molecule has 1 amide bonds. The Balaban J connectivity index is 2.41. The number of nitrogens with zero attached hydrogens (tertiary/aromatic N) is 1. The summed E-state index contributed by atoms with van der Waals surface area (Å²) in [6.07, 6.45) is 1.10. The van der Waals surface area contributed by atoms with Crippen LogP contribution in [-0.4, -0.2) is 43.9 Å². The van der Waals surface area contributed by atoms with Gasteiger partial charge in [0.2, 0.25) is 11.3 Å². The van der Waals surface area contributed by atoms with Gasteiger partial charge in [0.05, 0.1) is 0 Å². The number of ether oxygens (including phenoxy) is 1. The minimum Gasteiger partial charge on any atom is -0.444 e. The minimum absolute atomic E-state index is 0.130. The second-order valence-corrected chi connectivity index (χ2v) is 6.08. The maximum Gasteiger partial charge on any atom is 0.407 e. The van der Waals surface area contributed by atoms with Crippen LogP contribution in [0.2, 0.25) is 0 Å². The first-order valence-electron chi connectivity index (χ1n) is 5.63. The lowest BCUT2D eigenvalue weighted by Crippen LogP contribution is -2.49. The van der Waals surface area contributed by atoms with Gasteiger partial charge in [0.1, 0.15) is 5.60 Å². The molecular weight excluding hydrogens is 244 g/mol. The molecule has 1 rings (SSSR count). The zero-order valence-electron chi connectivity index (χ0n) is 10.4. The van der Waals surface area contributed by atoms with Gasteiger partial charge in [-0.15, -0.1) is 0 Å². The zero-order valence-corrected chi connectivity index (χ0v) is 11.2. The first-order valence-corrected chi connectivity index (χ1v) is 6.70. The Hall–Kier alpha value is -0.660. The number of alkyl carbamates (subject to hydrolysis) is 1. The normalized spacial score (nSPS) is 24.1. The van der Waals surface area contributed by atoms with Gasteiger partial charge in [-0.2, -0.15) is 4.31 Å². The summed E-state index contributed by atoms with van der Waals surface area (Å²) in [4.78, 5) is 11.5. The van der Waals surface area contributed by atoms with Crippen molar-refractivity contribution in [2.45, 2.75) is 45.3 Å². The molecule has 0 bridgehead atoms. The second-order valence-electron chi connectivity index (χ2n) is 5.10. The molecule has 0 aliphatic carbocycles. The number of carbonyl (C=O) groups excluding carboxylic acids is 1. The Morgan fingerprint density at radius 2 is 2.18 bits per heavy atom. The standard InChI is InChI=1S/C10H20N2O4S/c1-10(2,3)16-9(13)11-8-5-4-6-12(7-8)17(14)15/h8H,4-7H2,1-3H3,(H,11,13)(H,14,15). The van der Waals surface area contributed by atoms with Crippen molar-refractivity contribution in [1.29, 1.82) is 0 Å². The quantitative estimate of drug-likeness (QED) is 0.732. The fourth-order valence-corrected chi connectivity index (χ4v) is 2.27. The van der Waals surface area contributed by atoms with Crippen molar-refractivity contribution >= 4 is 17.4 Å². The molecule has 2 atom stereocenters. The molecule has 1 fully saturated rings. The Bertz CT molecular complexity index is 303. The first kappa shape index (κ1) is 14.4. The third-order valence-electron chi connectivity index (χ3n) is 2.33. The van der Waals surface area contributed by atoms with Gasteiger partial charge in [-0.05, 0) is 33.6 Å². The first-order chi connectivity index (χ1) is 7.78. The molecular formula is C10H20N2O4S. The molecule has 0 aromatic carbocycles. The van der Waals surface area contributed by atoms with Crippen LogP contribution >= 0.6 is 0 Å². The Labute approximate surface area is 104 Å². The van der Waals surface area contributed by atoms with Crippen LogP contribution in [0.4, 0.5) is 4.79 Å². The molecule has 1 heterocycles. The molecule has 0 spiro atoms. The van der Waals surface area contributed by atoms with E-state index in [4.69, 9.17) is 9.29 Å². The van der Waals surface area contributed by atoms with Crippen LogP contribution < -0.4 is 5.32 Å². The lowest BCUT2D eigenvalue weighted by molar-refractivity contribution is 0.0487. The van der Waals surface area contributed by atoms with E-state index < -0.39 is 23.0 Å². The monoisotopic (exact) mass is 264 g/mol. The number of hydrogen-bond donors (Lipinski definition) is 2. The van der Waals surface area contributed by atoms with Gasteiger partial charge in [-0.3, -0.25) is 4.55 Å². The number of hydrogen-bond acceptors (Lipinski definition) is 3. The summed E-state index contributed by atoms with van der Waals surface area (Å²) in [7, 11) is 0. The predicted molar refractivity (Wildman–Crippen MR) is 64.7 cm³/mol.